The Bertz CT molecular complexity index is 164. The highest BCUT2D eigenvalue weighted by Gasteiger charge is 2.22. The van der Waals surface area contributed by atoms with Crippen LogP contribution in [0.5, 0.6) is 0 Å². The molecule has 1 saturated carbocycles. The smallest absolute Gasteiger partial charge is 0.0529 e. The summed E-state index contributed by atoms with van der Waals surface area (Å²) < 4.78 is 5.74. The predicted molar refractivity (Wildman–Crippen MR) is 65.1 cm³/mol. The van der Waals surface area contributed by atoms with Crippen LogP contribution in [0.15, 0.2) is 0 Å². The number of hydrogen-bond acceptors (Lipinski definition) is 2. The Morgan fingerprint density at radius 1 is 1.33 bits per heavy atom. The number of hydrogen-bond donors (Lipinski definition) is 1. The molecule has 0 bridgehead atoms. The van der Waals surface area contributed by atoms with Crippen LogP contribution in [0.2, 0.25) is 0 Å². The van der Waals surface area contributed by atoms with Gasteiger partial charge in [-0.3, -0.25) is 0 Å². The molecule has 0 aromatic heterocycles. The highest BCUT2D eigenvalue weighted by molar-refractivity contribution is 4.73. The van der Waals surface area contributed by atoms with E-state index < -0.39 is 0 Å². The number of nitrogens with one attached hydrogen (secondary N) is 1. The molecule has 2 heteroatoms. The van der Waals surface area contributed by atoms with Crippen molar-refractivity contribution in [3.63, 3.8) is 0 Å². The van der Waals surface area contributed by atoms with Gasteiger partial charge < -0.3 is 10.1 Å². The minimum Gasteiger partial charge on any atom is -0.381 e. The molecule has 0 aromatic rings. The molecule has 1 rings (SSSR count). The summed E-state index contributed by atoms with van der Waals surface area (Å²) in [6.45, 7) is 10.8. The van der Waals surface area contributed by atoms with E-state index in [2.05, 4.69) is 26.1 Å². The minimum absolute atomic E-state index is 0.277. The molecule has 0 aliphatic heterocycles. The summed E-state index contributed by atoms with van der Waals surface area (Å²) in [5.41, 5.74) is 0.277. The molecular weight excluding hydrogens is 186 g/mol. The summed E-state index contributed by atoms with van der Waals surface area (Å²) in [6, 6.07) is 0. The van der Waals surface area contributed by atoms with Crippen LogP contribution in [0.25, 0.3) is 0 Å². The topological polar surface area (TPSA) is 21.3 Å². The lowest BCUT2D eigenvalue weighted by Gasteiger charge is -2.24. The van der Waals surface area contributed by atoms with E-state index in [1.54, 1.807) is 0 Å². The molecule has 2 nitrogen and oxygen atoms in total. The van der Waals surface area contributed by atoms with Gasteiger partial charge in [-0.2, -0.15) is 0 Å². The highest BCUT2D eigenvalue weighted by Crippen LogP contribution is 2.32. The Kier molecular flexibility index (Phi) is 5.62. The second-order valence-corrected chi connectivity index (χ2v) is 5.63. The Labute approximate surface area is 94.8 Å². The molecule has 0 amide bonds. The monoisotopic (exact) mass is 213 g/mol. The first-order valence-corrected chi connectivity index (χ1v) is 6.42. The van der Waals surface area contributed by atoms with Gasteiger partial charge in [0.05, 0.1) is 6.61 Å². The first-order valence-electron chi connectivity index (χ1n) is 6.42. The first-order chi connectivity index (χ1) is 7.14. The maximum Gasteiger partial charge on any atom is 0.0529 e. The molecule has 90 valence electrons. The summed E-state index contributed by atoms with van der Waals surface area (Å²) >= 11 is 0. The van der Waals surface area contributed by atoms with Gasteiger partial charge in [0.2, 0.25) is 0 Å². The Morgan fingerprint density at radius 2 is 2.07 bits per heavy atom. The molecule has 1 aliphatic carbocycles. The van der Waals surface area contributed by atoms with Gasteiger partial charge in [0.1, 0.15) is 0 Å². The van der Waals surface area contributed by atoms with Crippen LogP contribution in [0.1, 0.15) is 46.5 Å². The van der Waals surface area contributed by atoms with Gasteiger partial charge in [0.15, 0.2) is 0 Å². The average molecular weight is 213 g/mol. The SMILES string of the molecule is CCCNCC(C)(C)COCCC1CC1. The van der Waals surface area contributed by atoms with E-state index in [0.29, 0.717) is 0 Å². The second kappa shape index (κ2) is 6.49. The van der Waals surface area contributed by atoms with Gasteiger partial charge >= 0.3 is 0 Å². The van der Waals surface area contributed by atoms with Crippen molar-refractivity contribution in [2.75, 3.05) is 26.3 Å². The van der Waals surface area contributed by atoms with Crippen LogP contribution in [-0.2, 0) is 4.74 Å². The van der Waals surface area contributed by atoms with Crippen molar-refractivity contribution in [1.82, 2.24) is 5.32 Å². The van der Waals surface area contributed by atoms with E-state index in [-0.39, 0.29) is 5.41 Å². The van der Waals surface area contributed by atoms with Crippen molar-refractivity contribution >= 4 is 0 Å². The van der Waals surface area contributed by atoms with Gasteiger partial charge in [0.25, 0.3) is 0 Å². The summed E-state index contributed by atoms with van der Waals surface area (Å²) in [4.78, 5) is 0. The predicted octanol–water partition coefficient (Wildman–Crippen LogP) is 2.83. The maximum atomic E-state index is 5.74. The zero-order valence-electron chi connectivity index (χ0n) is 10.6. The van der Waals surface area contributed by atoms with Gasteiger partial charge in [-0.05, 0) is 25.3 Å². The molecule has 15 heavy (non-hydrogen) atoms. The molecule has 1 fully saturated rings. The maximum absolute atomic E-state index is 5.74. The molecule has 1 N–H and O–H groups in total. The third-order valence-corrected chi connectivity index (χ3v) is 2.89. The zero-order chi connectivity index (χ0) is 11.1. The van der Waals surface area contributed by atoms with Gasteiger partial charge in [-0.1, -0.05) is 33.6 Å². The number of rotatable bonds is 9. The minimum atomic E-state index is 0.277. The van der Waals surface area contributed by atoms with Crippen LogP contribution in [0.4, 0.5) is 0 Å². The summed E-state index contributed by atoms with van der Waals surface area (Å²) in [5.74, 6) is 0.992. The van der Waals surface area contributed by atoms with Crippen LogP contribution < -0.4 is 5.32 Å². The molecule has 0 atom stereocenters. The van der Waals surface area contributed by atoms with Crippen molar-refractivity contribution in [3.8, 4) is 0 Å². The molecular formula is C13H27NO. The Morgan fingerprint density at radius 3 is 2.67 bits per heavy atom. The Balaban J connectivity index is 1.95. The standard InChI is InChI=1S/C13H27NO/c1-4-8-14-10-13(2,3)11-15-9-7-12-5-6-12/h12,14H,4-11H2,1-3H3. The molecule has 0 saturated heterocycles. The van der Waals surface area contributed by atoms with E-state index in [1.807, 2.05) is 0 Å². The largest absolute Gasteiger partial charge is 0.381 e. The third kappa shape index (κ3) is 6.91. The first kappa shape index (κ1) is 13.0. The molecule has 0 radical (unpaired) electrons. The molecule has 0 heterocycles. The Hall–Kier alpha value is -0.0800. The van der Waals surface area contributed by atoms with E-state index in [4.69, 9.17) is 4.74 Å². The van der Waals surface area contributed by atoms with Crippen LogP contribution in [0, 0.1) is 11.3 Å². The van der Waals surface area contributed by atoms with Crippen LogP contribution >= 0.6 is 0 Å². The van der Waals surface area contributed by atoms with Gasteiger partial charge in [-0.25, -0.2) is 0 Å². The van der Waals surface area contributed by atoms with Crippen molar-refractivity contribution in [2.45, 2.75) is 46.5 Å². The van der Waals surface area contributed by atoms with Gasteiger partial charge in [-0.15, -0.1) is 0 Å². The fraction of sp³-hybridized carbons (Fsp3) is 1.00. The molecule has 0 aromatic carbocycles. The van der Waals surface area contributed by atoms with Crippen molar-refractivity contribution in [2.24, 2.45) is 11.3 Å². The lowest BCUT2D eigenvalue weighted by Crippen LogP contribution is -2.33. The number of ether oxygens (including phenoxy) is 1. The fourth-order valence-corrected chi connectivity index (χ4v) is 1.66. The lowest BCUT2D eigenvalue weighted by molar-refractivity contribution is 0.0587. The van der Waals surface area contributed by atoms with E-state index in [1.165, 1.54) is 25.7 Å². The lowest BCUT2D eigenvalue weighted by atomic mass is 9.95. The summed E-state index contributed by atoms with van der Waals surface area (Å²) in [6.07, 6.45) is 5.35. The van der Waals surface area contributed by atoms with Crippen molar-refractivity contribution in [3.05, 3.63) is 0 Å². The molecule has 1 aliphatic rings. The van der Waals surface area contributed by atoms with Gasteiger partial charge in [0, 0.05) is 18.6 Å². The zero-order valence-corrected chi connectivity index (χ0v) is 10.6. The van der Waals surface area contributed by atoms with E-state index >= 15 is 0 Å². The quantitative estimate of drug-likeness (QED) is 0.595. The second-order valence-electron chi connectivity index (χ2n) is 5.63. The van der Waals surface area contributed by atoms with Crippen LogP contribution in [0.3, 0.4) is 0 Å². The average Bonchev–Trinajstić information content (AvgIpc) is 2.96. The van der Waals surface area contributed by atoms with E-state index in [0.717, 1.165) is 32.2 Å². The van der Waals surface area contributed by atoms with Crippen molar-refractivity contribution < 1.29 is 4.74 Å². The summed E-state index contributed by atoms with van der Waals surface area (Å²) in [7, 11) is 0. The summed E-state index contributed by atoms with van der Waals surface area (Å²) in [5, 5.41) is 3.46. The molecule has 0 spiro atoms. The van der Waals surface area contributed by atoms with E-state index in [9.17, 15) is 0 Å². The highest BCUT2D eigenvalue weighted by atomic mass is 16.5. The molecule has 0 unspecified atom stereocenters. The third-order valence-electron chi connectivity index (χ3n) is 2.89. The fourth-order valence-electron chi connectivity index (χ4n) is 1.66. The normalized spacial score (nSPS) is 17.0. The van der Waals surface area contributed by atoms with Crippen molar-refractivity contribution in [1.29, 1.82) is 0 Å². The van der Waals surface area contributed by atoms with Crippen LogP contribution in [-0.4, -0.2) is 26.3 Å².